The normalized spacial score (nSPS) is 12.6. The Morgan fingerprint density at radius 3 is 2.18 bits per heavy atom. The molecule has 2 aromatic carbocycles. The highest BCUT2D eigenvalue weighted by atomic mass is 35.5. The first-order valence-corrected chi connectivity index (χ1v) is 7.23. The number of rotatable bonds is 2. The maximum Gasteiger partial charge on any atom is 0.241 e. The van der Waals surface area contributed by atoms with E-state index in [0.717, 1.165) is 0 Å². The summed E-state index contributed by atoms with van der Waals surface area (Å²) in [7, 11) is 1.54. The van der Waals surface area contributed by atoms with Crippen LogP contribution in [0.25, 0.3) is 0 Å². The third kappa shape index (κ3) is 2.04. The van der Waals surface area contributed by atoms with Gasteiger partial charge in [-0.3, -0.25) is 14.4 Å². The van der Waals surface area contributed by atoms with Crippen molar-refractivity contribution in [2.75, 3.05) is 17.8 Å². The zero-order valence-corrected chi connectivity index (χ0v) is 12.6. The number of alkyl halides is 1. The molecule has 1 aliphatic rings. The van der Waals surface area contributed by atoms with Gasteiger partial charge in [0.2, 0.25) is 5.91 Å². The number of halogens is 1. The standard InChI is InChI=1S/C17H12ClNO3/c1-19(14(20)9-18)13-8-4-7-12-15(13)17(22)11-6-3-2-5-10(11)16(12)21/h2-8H,9H2,1H3. The van der Waals surface area contributed by atoms with E-state index in [2.05, 4.69) is 0 Å². The summed E-state index contributed by atoms with van der Waals surface area (Å²) < 4.78 is 0. The topological polar surface area (TPSA) is 54.5 Å². The van der Waals surface area contributed by atoms with E-state index in [-0.39, 0.29) is 28.9 Å². The average molecular weight is 314 g/mol. The Labute approximate surface area is 132 Å². The van der Waals surface area contributed by atoms with Gasteiger partial charge in [0.05, 0.1) is 11.3 Å². The van der Waals surface area contributed by atoms with Crippen LogP contribution in [0.1, 0.15) is 31.8 Å². The van der Waals surface area contributed by atoms with E-state index in [0.29, 0.717) is 22.4 Å². The molecule has 0 aromatic heterocycles. The van der Waals surface area contributed by atoms with Crippen molar-refractivity contribution < 1.29 is 14.4 Å². The molecule has 0 bridgehead atoms. The molecular weight excluding hydrogens is 302 g/mol. The maximum absolute atomic E-state index is 12.8. The van der Waals surface area contributed by atoms with E-state index in [1.807, 2.05) is 0 Å². The second-order valence-corrected chi connectivity index (χ2v) is 5.26. The van der Waals surface area contributed by atoms with Gasteiger partial charge in [-0.15, -0.1) is 11.6 Å². The van der Waals surface area contributed by atoms with Crippen molar-refractivity contribution in [3.05, 3.63) is 64.7 Å². The first-order chi connectivity index (χ1) is 10.6. The van der Waals surface area contributed by atoms with Crippen LogP contribution in [0.15, 0.2) is 42.5 Å². The number of hydrogen-bond donors (Lipinski definition) is 0. The number of nitrogens with zero attached hydrogens (tertiary/aromatic N) is 1. The lowest BCUT2D eigenvalue weighted by Crippen LogP contribution is -2.31. The van der Waals surface area contributed by atoms with E-state index in [4.69, 9.17) is 11.6 Å². The van der Waals surface area contributed by atoms with Crippen LogP contribution in [0.4, 0.5) is 5.69 Å². The molecular formula is C17H12ClNO3. The largest absolute Gasteiger partial charge is 0.314 e. The smallest absolute Gasteiger partial charge is 0.241 e. The molecule has 0 heterocycles. The lowest BCUT2D eigenvalue weighted by atomic mass is 9.83. The van der Waals surface area contributed by atoms with Crippen molar-refractivity contribution >= 4 is 34.8 Å². The molecule has 0 aliphatic heterocycles. The number of carbonyl (C=O) groups excluding carboxylic acids is 3. The SMILES string of the molecule is CN(C(=O)CCl)c1cccc2c1C(=O)c1ccccc1C2=O. The van der Waals surface area contributed by atoms with Crippen LogP contribution in [0.3, 0.4) is 0 Å². The number of ketones is 2. The lowest BCUT2D eigenvalue weighted by Gasteiger charge is -2.24. The Morgan fingerprint density at radius 2 is 1.55 bits per heavy atom. The van der Waals surface area contributed by atoms with E-state index < -0.39 is 0 Å². The van der Waals surface area contributed by atoms with Gasteiger partial charge in [0, 0.05) is 23.7 Å². The van der Waals surface area contributed by atoms with Crippen LogP contribution in [0.2, 0.25) is 0 Å². The molecule has 2 aromatic rings. The molecule has 0 N–H and O–H groups in total. The Morgan fingerprint density at radius 1 is 0.955 bits per heavy atom. The number of anilines is 1. The Bertz CT molecular complexity index is 813. The Kier molecular flexibility index (Phi) is 3.54. The van der Waals surface area contributed by atoms with Crippen LogP contribution in [0.5, 0.6) is 0 Å². The molecule has 3 rings (SSSR count). The molecule has 0 unspecified atom stereocenters. The van der Waals surface area contributed by atoms with Gasteiger partial charge in [-0.2, -0.15) is 0 Å². The molecule has 1 amide bonds. The van der Waals surface area contributed by atoms with E-state index in [9.17, 15) is 14.4 Å². The van der Waals surface area contributed by atoms with Crippen molar-refractivity contribution in [1.29, 1.82) is 0 Å². The molecule has 5 heteroatoms. The summed E-state index contributed by atoms with van der Waals surface area (Å²) in [5.41, 5.74) is 1.72. The summed E-state index contributed by atoms with van der Waals surface area (Å²) in [5, 5.41) is 0. The second kappa shape index (κ2) is 5.39. The fourth-order valence-corrected chi connectivity index (χ4v) is 2.81. The third-order valence-corrected chi connectivity index (χ3v) is 4.01. The number of amides is 1. The van der Waals surface area contributed by atoms with E-state index >= 15 is 0 Å². The van der Waals surface area contributed by atoms with Crippen LogP contribution in [-0.4, -0.2) is 30.4 Å². The van der Waals surface area contributed by atoms with Gasteiger partial charge in [-0.25, -0.2) is 0 Å². The molecule has 1 aliphatic carbocycles. The fraction of sp³-hybridized carbons (Fsp3) is 0.118. The van der Waals surface area contributed by atoms with Crippen molar-refractivity contribution in [3.8, 4) is 0 Å². The quantitative estimate of drug-likeness (QED) is 0.683. The molecule has 0 radical (unpaired) electrons. The Balaban J connectivity index is 2.23. The van der Waals surface area contributed by atoms with E-state index in [1.54, 1.807) is 49.5 Å². The van der Waals surface area contributed by atoms with Crippen molar-refractivity contribution in [1.82, 2.24) is 0 Å². The zero-order valence-electron chi connectivity index (χ0n) is 11.8. The van der Waals surface area contributed by atoms with Gasteiger partial charge in [0.15, 0.2) is 11.6 Å². The summed E-state index contributed by atoms with van der Waals surface area (Å²) in [6, 6.07) is 11.6. The van der Waals surface area contributed by atoms with Gasteiger partial charge >= 0.3 is 0 Å². The van der Waals surface area contributed by atoms with Crippen molar-refractivity contribution in [2.45, 2.75) is 0 Å². The highest BCUT2D eigenvalue weighted by molar-refractivity contribution is 6.32. The van der Waals surface area contributed by atoms with Crippen LogP contribution in [-0.2, 0) is 4.79 Å². The second-order valence-electron chi connectivity index (χ2n) is 4.99. The zero-order chi connectivity index (χ0) is 15.9. The molecule has 0 fully saturated rings. The maximum atomic E-state index is 12.8. The molecule has 0 saturated heterocycles. The van der Waals surface area contributed by atoms with Gasteiger partial charge in [-0.1, -0.05) is 36.4 Å². The summed E-state index contributed by atoms with van der Waals surface area (Å²) in [5.74, 6) is -0.998. The minimum Gasteiger partial charge on any atom is -0.314 e. The molecule has 0 saturated carbocycles. The molecule has 4 nitrogen and oxygen atoms in total. The van der Waals surface area contributed by atoms with Crippen LogP contribution < -0.4 is 4.90 Å². The summed E-state index contributed by atoms with van der Waals surface area (Å²) in [6.45, 7) is 0. The summed E-state index contributed by atoms with van der Waals surface area (Å²) >= 11 is 5.58. The van der Waals surface area contributed by atoms with Gasteiger partial charge < -0.3 is 4.90 Å². The molecule has 22 heavy (non-hydrogen) atoms. The first kappa shape index (κ1) is 14.5. The number of carbonyl (C=O) groups is 3. The van der Waals surface area contributed by atoms with Gasteiger partial charge in [0.25, 0.3) is 0 Å². The van der Waals surface area contributed by atoms with Crippen molar-refractivity contribution in [2.24, 2.45) is 0 Å². The van der Waals surface area contributed by atoms with E-state index in [1.165, 1.54) is 4.90 Å². The van der Waals surface area contributed by atoms with Gasteiger partial charge in [-0.05, 0) is 6.07 Å². The Hall–Kier alpha value is -2.46. The lowest BCUT2D eigenvalue weighted by molar-refractivity contribution is -0.116. The van der Waals surface area contributed by atoms with Crippen molar-refractivity contribution in [3.63, 3.8) is 0 Å². The molecule has 0 spiro atoms. The van der Waals surface area contributed by atoms with Crippen LogP contribution >= 0.6 is 11.6 Å². The fourth-order valence-electron chi connectivity index (χ4n) is 2.63. The monoisotopic (exact) mass is 313 g/mol. The minimum atomic E-state index is -0.339. The number of fused-ring (bicyclic) bond motifs is 2. The molecule has 110 valence electrons. The summed E-state index contributed by atoms with van der Waals surface area (Å²) in [6.07, 6.45) is 0. The highest BCUT2D eigenvalue weighted by Gasteiger charge is 2.32. The first-order valence-electron chi connectivity index (χ1n) is 6.70. The highest BCUT2D eigenvalue weighted by Crippen LogP contribution is 2.33. The average Bonchev–Trinajstić information content (AvgIpc) is 2.57. The molecule has 0 atom stereocenters. The number of benzene rings is 2. The third-order valence-electron chi connectivity index (χ3n) is 3.78. The minimum absolute atomic E-state index is 0.196. The van der Waals surface area contributed by atoms with Gasteiger partial charge in [0.1, 0.15) is 5.88 Å². The predicted molar refractivity (Wildman–Crippen MR) is 83.9 cm³/mol. The number of hydrogen-bond acceptors (Lipinski definition) is 3. The predicted octanol–water partition coefficient (Wildman–Crippen LogP) is 2.66. The van der Waals surface area contributed by atoms with Crippen LogP contribution in [0, 0.1) is 0 Å². The summed E-state index contributed by atoms with van der Waals surface area (Å²) in [4.78, 5) is 38.5.